The van der Waals surface area contributed by atoms with Gasteiger partial charge in [-0.05, 0) is 49.5 Å². The zero-order valence-electron chi connectivity index (χ0n) is 12.7. The second-order valence-corrected chi connectivity index (χ2v) is 5.75. The summed E-state index contributed by atoms with van der Waals surface area (Å²) >= 11 is 0. The van der Waals surface area contributed by atoms with Gasteiger partial charge in [0.25, 0.3) is 0 Å². The van der Waals surface area contributed by atoms with Crippen LogP contribution >= 0.6 is 0 Å². The molecule has 3 rings (SSSR count). The Kier molecular flexibility index (Phi) is 4.85. The summed E-state index contributed by atoms with van der Waals surface area (Å²) in [5.41, 5.74) is 2.08. The van der Waals surface area contributed by atoms with E-state index in [1.165, 1.54) is 6.42 Å². The third-order valence-corrected chi connectivity index (χ3v) is 4.16. The number of para-hydroxylation sites is 1. The number of benzene rings is 1. The van der Waals surface area contributed by atoms with Crippen LogP contribution in [0.15, 0.2) is 42.7 Å². The first-order valence-electron chi connectivity index (χ1n) is 7.88. The molecule has 0 bridgehead atoms. The highest BCUT2D eigenvalue weighted by Crippen LogP contribution is 2.15. The number of rotatable bonds is 6. The summed E-state index contributed by atoms with van der Waals surface area (Å²) in [6.45, 7) is 2.68. The minimum atomic E-state index is 0.127. The summed E-state index contributed by atoms with van der Waals surface area (Å²) in [4.78, 5) is 12.0. The monoisotopic (exact) mass is 298 g/mol. The van der Waals surface area contributed by atoms with Gasteiger partial charge in [0.2, 0.25) is 5.91 Å². The summed E-state index contributed by atoms with van der Waals surface area (Å²) in [6, 6.07) is 9.90. The van der Waals surface area contributed by atoms with Gasteiger partial charge in [-0.15, -0.1) is 0 Å². The number of hydrogen-bond donors (Lipinski definition) is 2. The Morgan fingerprint density at radius 3 is 3.05 bits per heavy atom. The number of carbonyl (C=O) groups is 1. The number of amides is 1. The molecule has 2 aromatic rings. The molecule has 5 heteroatoms. The minimum absolute atomic E-state index is 0.127. The smallest absolute Gasteiger partial charge is 0.220 e. The van der Waals surface area contributed by atoms with E-state index in [0.29, 0.717) is 18.9 Å². The standard InChI is InChI=1S/C17H22N4O/c22-17(7-6-14-8-10-18-12-14)19-13-15-4-1-2-5-16(15)21-11-3-9-20-21/h1-5,9,11,14,18H,6-8,10,12-13H2,(H,19,22). The predicted octanol–water partition coefficient (Wildman–Crippen LogP) is 1.88. The van der Waals surface area contributed by atoms with Crippen molar-refractivity contribution in [1.82, 2.24) is 20.4 Å². The van der Waals surface area contributed by atoms with Crippen LogP contribution in [0.5, 0.6) is 0 Å². The van der Waals surface area contributed by atoms with Crippen molar-refractivity contribution in [2.45, 2.75) is 25.8 Å². The highest BCUT2D eigenvalue weighted by Gasteiger charge is 2.15. The molecule has 1 aliphatic heterocycles. The summed E-state index contributed by atoms with van der Waals surface area (Å²) in [5, 5.41) is 10.6. The van der Waals surface area contributed by atoms with Gasteiger partial charge in [0.15, 0.2) is 0 Å². The van der Waals surface area contributed by atoms with Gasteiger partial charge in [-0.25, -0.2) is 4.68 Å². The van der Waals surface area contributed by atoms with Gasteiger partial charge in [-0.2, -0.15) is 5.10 Å². The first-order valence-corrected chi connectivity index (χ1v) is 7.88. The van der Waals surface area contributed by atoms with E-state index in [2.05, 4.69) is 15.7 Å². The van der Waals surface area contributed by atoms with Crippen molar-refractivity contribution < 1.29 is 4.79 Å². The van der Waals surface area contributed by atoms with Crippen molar-refractivity contribution in [3.8, 4) is 5.69 Å². The second kappa shape index (κ2) is 7.22. The fourth-order valence-electron chi connectivity index (χ4n) is 2.87. The molecule has 116 valence electrons. The lowest BCUT2D eigenvalue weighted by Gasteiger charge is -2.12. The van der Waals surface area contributed by atoms with Crippen LogP contribution in [0.2, 0.25) is 0 Å². The molecule has 1 aromatic carbocycles. The SMILES string of the molecule is O=C(CCC1CCNC1)NCc1ccccc1-n1cccn1. The lowest BCUT2D eigenvalue weighted by molar-refractivity contribution is -0.121. The zero-order chi connectivity index (χ0) is 15.2. The summed E-state index contributed by atoms with van der Waals surface area (Å²) < 4.78 is 1.83. The number of hydrogen-bond acceptors (Lipinski definition) is 3. The molecule has 0 radical (unpaired) electrons. The van der Waals surface area contributed by atoms with Crippen LogP contribution in [0.3, 0.4) is 0 Å². The first kappa shape index (κ1) is 14.8. The molecule has 0 aliphatic carbocycles. The average molecular weight is 298 g/mol. The molecule has 2 heterocycles. The molecule has 1 saturated heterocycles. The van der Waals surface area contributed by atoms with E-state index in [0.717, 1.165) is 30.8 Å². The molecule has 22 heavy (non-hydrogen) atoms. The predicted molar refractivity (Wildman–Crippen MR) is 85.6 cm³/mol. The Bertz CT molecular complexity index is 603. The van der Waals surface area contributed by atoms with Crippen molar-refractivity contribution in [2.24, 2.45) is 5.92 Å². The number of aromatic nitrogens is 2. The lowest BCUT2D eigenvalue weighted by Crippen LogP contribution is -2.24. The molecule has 1 atom stereocenters. The molecule has 1 aliphatic rings. The van der Waals surface area contributed by atoms with Crippen LogP contribution in [0.4, 0.5) is 0 Å². The normalized spacial score (nSPS) is 17.5. The number of carbonyl (C=O) groups excluding carboxylic acids is 1. The fraction of sp³-hybridized carbons (Fsp3) is 0.412. The van der Waals surface area contributed by atoms with E-state index in [1.807, 2.05) is 41.2 Å². The molecule has 5 nitrogen and oxygen atoms in total. The van der Waals surface area contributed by atoms with E-state index < -0.39 is 0 Å². The number of nitrogens with one attached hydrogen (secondary N) is 2. The Labute approximate surface area is 130 Å². The summed E-state index contributed by atoms with van der Waals surface area (Å²) in [6.07, 6.45) is 6.43. The van der Waals surface area contributed by atoms with Gasteiger partial charge in [-0.3, -0.25) is 4.79 Å². The van der Waals surface area contributed by atoms with Crippen LogP contribution in [0.1, 0.15) is 24.8 Å². The Balaban J connectivity index is 1.54. The molecule has 1 fully saturated rings. The average Bonchev–Trinajstić information content (AvgIpc) is 3.24. The molecule has 2 N–H and O–H groups in total. The molecule has 1 aromatic heterocycles. The van der Waals surface area contributed by atoms with Gasteiger partial charge in [0, 0.05) is 25.4 Å². The maximum Gasteiger partial charge on any atom is 0.220 e. The first-order chi connectivity index (χ1) is 10.8. The van der Waals surface area contributed by atoms with Crippen molar-refractivity contribution >= 4 is 5.91 Å². The van der Waals surface area contributed by atoms with Crippen LogP contribution in [-0.4, -0.2) is 28.8 Å². The molecule has 1 amide bonds. The highest BCUT2D eigenvalue weighted by molar-refractivity contribution is 5.76. The maximum absolute atomic E-state index is 12.0. The maximum atomic E-state index is 12.0. The Hall–Kier alpha value is -2.14. The van der Waals surface area contributed by atoms with Crippen molar-refractivity contribution in [2.75, 3.05) is 13.1 Å². The van der Waals surface area contributed by atoms with Gasteiger partial charge < -0.3 is 10.6 Å². The van der Waals surface area contributed by atoms with Gasteiger partial charge >= 0.3 is 0 Å². The fourth-order valence-corrected chi connectivity index (χ4v) is 2.87. The molecule has 0 saturated carbocycles. The highest BCUT2D eigenvalue weighted by atomic mass is 16.1. The van der Waals surface area contributed by atoms with Crippen LogP contribution in [0, 0.1) is 5.92 Å². The van der Waals surface area contributed by atoms with Gasteiger partial charge in [0.05, 0.1) is 5.69 Å². The Morgan fingerprint density at radius 1 is 1.36 bits per heavy atom. The topological polar surface area (TPSA) is 59.0 Å². The minimum Gasteiger partial charge on any atom is -0.352 e. The third kappa shape index (κ3) is 3.74. The quantitative estimate of drug-likeness (QED) is 0.856. The van der Waals surface area contributed by atoms with Gasteiger partial charge in [-0.1, -0.05) is 18.2 Å². The second-order valence-electron chi connectivity index (χ2n) is 5.75. The molecule has 0 spiro atoms. The summed E-state index contributed by atoms with van der Waals surface area (Å²) in [7, 11) is 0. The van der Waals surface area contributed by atoms with Gasteiger partial charge in [0.1, 0.15) is 0 Å². The van der Waals surface area contributed by atoms with Crippen molar-refractivity contribution in [3.05, 3.63) is 48.3 Å². The molecular weight excluding hydrogens is 276 g/mol. The summed E-state index contributed by atoms with van der Waals surface area (Å²) in [5.74, 6) is 0.782. The van der Waals surface area contributed by atoms with Crippen LogP contribution in [-0.2, 0) is 11.3 Å². The van der Waals surface area contributed by atoms with Crippen LogP contribution in [0.25, 0.3) is 5.69 Å². The largest absolute Gasteiger partial charge is 0.352 e. The van der Waals surface area contributed by atoms with E-state index in [-0.39, 0.29) is 5.91 Å². The van der Waals surface area contributed by atoms with E-state index in [4.69, 9.17) is 0 Å². The van der Waals surface area contributed by atoms with E-state index in [1.54, 1.807) is 6.20 Å². The van der Waals surface area contributed by atoms with Crippen molar-refractivity contribution in [3.63, 3.8) is 0 Å². The number of nitrogens with zero attached hydrogens (tertiary/aromatic N) is 2. The third-order valence-electron chi connectivity index (χ3n) is 4.16. The van der Waals surface area contributed by atoms with Crippen molar-refractivity contribution in [1.29, 1.82) is 0 Å². The molecular formula is C17H22N4O. The van der Waals surface area contributed by atoms with E-state index >= 15 is 0 Å². The Morgan fingerprint density at radius 2 is 2.27 bits per heavy atom. The lowest BCUT2D eigenvalue weighted by atomic mass is 10.0. The van der Waals surface area contributed by atoms with E-state index in [9.17, 15) is 4.79 Å². The zero-order valence-corrected chi connectivity index (χ0v) is 12.7. The van der Waals surface area contributed by atoms with Crippen LogP contribution < -0.4 is 10.6 Å². The molecule has 1 unspecified atom stereocenters.